The minimum Gasteiger partial charge on any atom is -0.139 e. The van der Waals surface area contributed by atoms with E-state index in [1.54, 1.807) is 0 Å². The molecule has 0 saturated carbocycles. The van der Waals surface area contributed by atoms with Crippen molar-refractivity contribution in [3.05, 3.63) is 174 Å². The van der Waals surface area contributed by atoms with Gasteiger partial charge in [0.15, 0.2) is 0 Å². The third kappa shape index (κ3) is 4.64. The number of fused-ring (bicyclic) bond motifs is 3. The van der Waals surface area contributed by atoms with Gasteiger partial charge in [-0.3, -0.25) is 0 Å². The molecule has 0 nitrogen and oxygen atoms in total. The molecule has 0 fully saturated rings. The maximum absolute atomic E-state index is 2.42. The van der Waals surface area contributed by atoms with E-state index in [0.717, 1.165) is 0 Å². The highest BCUT2D eigenvalue weighted by Gasteiger charge is 2.48. The topological polar surface area (TPSA) is 0 Å². The van der Waals surface area contributed by atoms with Crippen molar-refractivity contribution in [1.82, 2.24) is 0 Å². The smallest absolute Gasteiger partial charge is 0.0900 e. The first-order valence-electron chi connectivity index (χ1n) is 14.0. The van der Waals surface area contributed by atoms with Crippen LogP contribution in [0.15, 0.2) is 121 Å². The van der Waals surface area contributed by atoms with Gasteiger partial charge in [0.25, 0.3) is 0 Å². The highest BCUT2D eigenvalue weighted by molar-refractivity contribution is 7.15. The molecule has 198 valence electrons. The van der Waals surface area contributed by atoms with Crippen molar-refractivity contribution in [2.45, 2.75) is 19.3 Å². The molecule has 0 atom stereocenters. The molecule has 0 saturated heterocycles. The molecular formula is C39H30S2. The van der Waals surface area contributed by atoms with Gasteiger partial charge in [0.05, 0.1) is 5.41 Å². The van der Waals surface area contributed by atoms with Gasteiger partial charge in [-0.2, -0.15) is 0 Å². The monoisotopic (exact) mass is 562 g/mol. The lowest BCUT2D eigenvalue weighted by Gasteiger charge is -2.31. The van der Waals surface area contributed by atoms with Crippen molar-refractivity contribution >= 4 is 47.0 Å². The molecule has 4 aromatic carbocycles. The van der Waals surface area contributed by atoms with Crippen LogP contribution < -0.4 is 0 Å². The maximum Gasteiger partial charge on any atom is 0.0900 e. The fourth-order valence-electron chi connectivity index (χ4n) is 5.98. The van der Waals surface area contributed by atoms with Crippen molar-refractivity contribution in [2.75, 3.05) is 0 Å². The minimum atomic E-state index is -0.351. The van der Waals surface area contributed by atoms with Crippen molar-refractivity contribution in [2.24, 2.45) is 0 Å². The quantitative estimate of drug-likeness (QED) is 0.189. The second-order valence-corrected chi connectivity index (χ2v) is 13.0. The van der Waals surface area contributed by atoms with Gasteiger partial charge in [-0.25, -0.2) is 0 Å². The van der Waals surface area contributed by atoms with Crippen molar-refractivity contribution in [3.63, 3.8) is 0 Å². The van der Waals surface area contributed by atoms with Crippen LogP contribution in [-0.2, 0) is 5.41 Å². The summed E-state index contributed by atoms with van der Waals surface area (Å²) in [5, 5.41) is 0. The Balaban J connectivity index is 1.42. The summed E-state index contributed by atoms with van der Waals surface area (Å²) in [4.78, 5) is 5.25. The molecule has 7 rings (SSSR count). The fraction of sp³-hybridized carbons (Fsp3) is 0.0769. The van der Waals surface area contributed by atoms with Crippen LogP contribution in [0.3, 0.4) is 0 Å². The number of aryl methyl sites for hydroxylation is 2. The summed E-state index contributed by atoms with van der Waals surface area (Å²) in [5.74, 6) is 0. The van der Waals surface area contributed by atoms with Crippen LogP contribution in [0.5, 0.6) is 0 Å². The summed E-state index contributed by atoms with van der Waals surface area (Å²) in [6.07, 6.45) is 8.93. The van der Waals surface area contributed by atoms with Crippen molar-refractivity contribution in [1.29, 1.82) is 0 Å². The third-order valence-electron chi connectivity index (χ3n) is 7.92. The first-order chi connectivity index (χ1) is 20.1. The minimum absolute atomic E-state index is 0.351. The molecular weight excluding hydrogens is 533 g/mol. The molecule has 0 bridgehead atoms. The zero-order chi connectivity index (χ0) is 27.8. The van der Waals surface area contributed by atoms with Crippen LogP contribution in [0, 0.1) is 13.8 Å². The Morgan fingerprint density at radius 1 is 0.463 bits per heavy atom. The van der Waals surface area contributed by atoms with E-state index in [1.807, 2.05) is 22.7 Å². The van der Waals surface area contributed by atoms with Gasteiger partial charge in [-0.15, -0.1) is 22.7 Å². The number of hydrogen-bond donors (Lipinski definition) is 0. The van der Waals surface area contributed by atoms with E-state index >= 15 is 0 Å². The Morgan fingerprint density at radius 3 is 1.34 bits per heavy atom. The average Bonchev–Trinajstić information content (AvgIpc) is 3.73. The highest BCUT2D eigenvalue weighted by Crippen LogP contribution is 2.59. The van der Waals surface area contributed by atoms with Crippen molar-refractivity contribution in [3.8, 4) is 11.1 Å². The van der Waals surface area contributed by atoms with Crippen LogP contribution in [0.4, 0.5) is 0 Å². The first kappa shape index (κ1) is 25.7. The summed E-state index contributed by atoms with van der Waals surface area (Å²) < 4.78 is 0. The standard InChI is InChI=1S/C39H30S2/c1-27-13-21-33-34-22-14-28(2)26-36(34)39(35(33)25-27,37-23-19-31(40-37)17-15-29-9-5-3-6-10-29)38-24-20-32(41-38)18-16-30-11-7-4-8-12-30/h3-26H,1-2H3. The zero-order valence-electron chi connectivity index (χ0n) is 23.2. The predicted octanol–water partition coefficient (Wildman–Crippen LogP) is 11.1. The zero-order valence-corrected chi connectivity index (χ0v) is 24.8. The molecule has 0 spiro atoms. The Kier molecular flexibility index (Phi) is 6.66. The molecule has 6 aromatic rings. The van der Waals surface area contributed by atoms with Crippen LogP contribution in [0.2, 0.25) is 0 Å². The third-order valence-corrected chi connectivity index (χ3v) is 10.3. The lowest BCUT2D eigenvalue weighted by atomic mass is 9.75. The van der Waals surface area contributed by atoms with Crippen LogP contribution in [0.25, 0.3) is 35.4 Å². The number of benzene rings is 4. The normalized spacial score (nSPS) is 13.6. The Hall–Kier alpha value is -4.24. The lowest BCUT2D eigenvalue weighted by molar-refractivity contribution is 0.805. The van der Waals surface area contributed by atoms with E-state index in [0.29, 0.717) is 0 Å². The Bertz CT molecular complexity index is 1760. The summed E-state index contributed by atoms with van der Waals surface area (Å²) in [6, 6.07) is 44.4. The molecule has 2 aromatic heterocycles. The lowest BCUT2D eigenvalue weighted by Crippen LogP contribution is -2.26. The van der Waals surface area contributed by atoms with Gasteiger partial charge in [0.1, 0.15) is 0 Å². The Morgan fingerprint density at radius 2 is 0.902 bits per heavy atom. The SMILES string of the molecule is Cc1ccc2c(c1)C(c1ccc(C=Cc3ccccc3)s1)(c1ccc(C=Cc3ccccc3)s1)c1cc(C)ccc1-2. The molecule has 0 aliphatic heterocycles. The van der Waals surface area contributed by atoms with E-state index < -0.39 is 0 Å². The maximum atomic E-state index is 2.42. The van der Waals surface area contributed by atoms with Gasteiger partial charge in [0, 0.05) is 19.5 Å². The van der Waals surface area contributed by atoms with Crippen LogP contribution >= 0.6 is 22.7 Å². The van der Waals surface area contributed by atoms with Crippen LogP contribution in [0.1, 0.15) is 52.9 Å². The second-order valence-electron chi connectivity index (χ2n) is 10.7. The second kappa shape index (κ2) is 10.6. The molecule has 2 heteroatoms. The Labute approximate surface area is 250 Å². The molecule has 0 unspecified atom stereocenters. The van der Waals surface area contributed by atoms with E-state index in [-0.39, 0.29) is 5.41 Å². The summed E-state index contributed by atoms with van der Waals surface area (Å²) >= 11 is 3.81. The van der Waals surface area contributed by atoms with Gasteiger partial charge in [0.2, 0.25) is 0 Å². The molecule has 0 amide bonds. The predicted molar refractivity (Wildman–Crippen MR) is 180 cm³/mol. The van der Waals surface area contributed by atoms with Gasteiger partial charge in [-0.05, 0) is 83.6 Å². The summed E-state index contributed by atoms with van der Waals surface area (Å²) in [6.45, 7) is 4.42. The van der Waals surface area contributed by atoms with Crippen molar-refractivity contribution < 1.29 is 0 Å². The van der Waals surface area contributed by atoms with E-state index in [1.165, 1.54) is 64.0 Å². The summed E-state index contributed by atoms with van der Waals surface area (Å²) in [7, 11) is 0. The van der Waals surface area contributed by atoms with Crippen LogP contribution in [-0.4, -0.2) is 0 Å². The largest absolute Gasteiger partial charge is 0.139 e. The van der Waals surface area contributed by atoms with Gasteiger partial charge in [-0.1, -0.05) is 120 Å². The van der Waals surface area contributed by atoms with Gasteiger partial charge < -0.3 is 0 Å². The molecule has 1 aliphatic carbocycles. The molecule has 1 aliphatic rings. The van der Waals surface area contributed by atoms with Gasteiger partial charge >= 0.3 is 0 Å². The van der Waals surface area contributed by atoms with E-state index in [2.05, 4.69) is 159 Å². The molecule has 2 heterocycles. The highest BCUT2D eigenvalue weighted by atomic mass is 32.1. The first-order valence-corrected chi connectivity index (χ1v) is 15.6. The fourth-order valence-corrected chi connectivity index (χ4v) is 8.33. The van der Waals surface area contributed by atoms with E-state index in [4.69, 9.17) is 0 Å². The number of thiophene rings is 2. The molecule has 0 N–H and O–H groups in total. The molecule has 0 radical (unpaired) electrons. The molecule has 41 heavy (non-hydrogen) atoms. The summed E-state index contributed by atoms with van der Waals surface area (Å²) in [5.41, 5.74) is 10.1. The average molecular weight is 563 g/mol. The van der Waals surface area contributed by atoms with E-state index in [9.17, 15) is 0 Å². The number of hydrogen-bond acceptors (Lipinski definition) is 2. The number of rotatable bonds is 6.